The average Bonchev–Trinajstić information content (AvgIpc) is 2.27. The highest BCUT2D eigenvalue weighted by atomic mass is 16.3. The molecule has 1 aliphatic rings. The van der Waals surface area contributed by atoms with Gasteiger partial charge in [0.2, 0.25) is 0 Å². The molecule has 1 aromatic carbocycles. The second-order valence-corrected chi connectivity index (χ2v) is 6.22. The van der Waals surface area contributed by atoms with Gasteiger partial charge < -0.3 is 10.0 Å². The third kappa shape index (κ3) is 2.32. The van der Waals surface area contributed by atoms with E-state index in [2.05, 4.69) is 0 Å². The van der Waals surface area contributed by atoms with Gasteiger partial charge in [-0.1, -0.05) is 17.7 Å². The first-order valence-corrected chi connectivity index (χ1v) is 6.52. The van der Waals surface area contributed by atoms with Gasteiger partial charge in [0.1, 0.15) is 5.72 Å². The highest BCUT2D eigenvalue weighted by molar-refractivity contribution is 5.94. The van der Waals surface area contributed by atoms with Crippen LogP contribution in [0.15, 0.2) is 24.3 Å². The minimum absolute atomic E-state index is 0.176. The van der Waals surface area contributed by atoms with Crippen LogP contribution in [0.25, 0.3) is 0 Å². The zero-order chi connectivity index (χ0) is 14.4. The number of benzene rings is 1. The maximum absolute atomic E-state index is 12.5. The van der Waals surface area contributed by atoms with Crippen molar-refractivity contribution in [2.24, 2.45) is 0 Å². The normalized spacial score (nSPS) is 26.7. The van der Waals surface area contributed by atoms with Crippen LogP contribution in [0.4, 0.5) is 10.5 Å². The van der Waals surface area contributed by atoms with Gasteiger partial charge >= 0.3 is 6.03 Å². The highest BCUT2D eigenvalue weighted by Gasteiger charge is 2.48. The van der Waals surface area contributed by atoms with E-state index >= 15 is 0 Å². The molecule has 1 heterocycles. The van der Waals surface area contributed by atoms with Gasteiger partial charge in [-0.25, -0.2) is 4.79 Å². The number of aliphatic hydroxyl groups is 1. The smallest absolute Gasteiger partial charge is 0.327 e. The van der Waals surface area contributed by atoms with E-state index in [-0.39, 0.29) is 11.6 Å². The van der Waals surface area contributed by atoms with E-state index in [0.29, 0.717) is 6.42 Å². The molecule has 19 heavy (non-hydrogen) atoms. The Balaban J connectivity index is 2.44. The second-order valence-electron chi connectivity index (χ2n) is 6.22. The fourth-order valence-corrected chi connectivity index (χ4v) is 2.71. The van der Waals surface area contributed by atoms with E-state index in [0.717, 1.165) is 11.3 Å². The quantitative estimate of drug-likeness (QED) is 0.845. The molecule has 1 aliphatic heterocycles. The van der Waals surface area contributed by atoms with Crippen LogP contribution < -0.4 is 4.90 Å². The van der Waals surface area contributed by atoms with E-state index in [1.165, 1.54) is 4.90 Å². The number of carbonyl (C=O) groups is 1. The predicted octanol–water partition coefficient (Wildman–Crippen LogP) is 2.74. The molecule has 2 amide bonds. The van der Waals surface area contributed by atoms with E-state index in [1.54, 1.807) is 18.9 Å². The van der Waals surface area contributed by atoms with Crippen molar-refractivity contribution in [2.45, 2.75) is 45.4 Å². The maximum atomic E-state index is 12.5. The molecule has 1 atom stereocenters. The lowest BCUT2D eigenvalue weighted by Gasteiger charge is -2.52. The molecule has 0 bridgehead atoms. The van der Waals surface area contributed by atoms with Gasteiger partial charge in [0.15, 0.2) is 0 Å². The van der Waals surface area contributed by atoms with Crippen LogP contribution in [0.5, 0.6) is 0 Å². The Morgan fingerprint density at radius 1 is 1.16 bits per heavy atom. The molecule has 104 valence electrons. The molecule has 4 heteroatoms. The van der Waals surface area contributed by atoms with Gasteiger partial charge in [-0.15, -0.1) is 0 Å². The molecule has 1 N–H and O–H groups in total. The molecular formula is C15H22N2O2. The topological polar surface area (TPSA) is 43.8 Å². The Kier molecular flexibility index (Phi) is 3.09. The minimum Gasteiger partial charge on any atom is -0.371 e. The summed E-state index contributed by atoms with van der Waals surface area (Å²) in [6.07, 6.45) is 0.496. The Morgan fingerprint density at radius 3 is 2.21 bits per heavy atom. The zero-order valence-corrected chi connectivity index (χ0v) is 12.3. The van der Waals surface area contributed by atoms with Crippen LogP contribution in [0.2, 0.25) is 0 Å². The van der Waals surface area contributed by atoms with Crippen molar-refractivity contribution in [2.75, 3.05) is 11.9 Å². The Morgan fingerprint density at radius 2 is 1.68 bits per heavy atom. The molecule has 1 fully saturated rings. The molecule has 1 saturated heterocycles. The van der Waals surface area contributed by atoms with Crippen LogP contribution in [0, 0.1) is 6.92 Å². The number of amides is 2. The minimum atomic E-state index is -1.18. The van der Waals surface area contributed by atoms with Crippen LogP contribution in [-0.2, 0) is 0 Å². The summed E-state index contributed by atoms with van der Waals surface area (Å²) in [7, 11) is 1.78. The number of aryl methyl sites for hydroxylation is 1. The fourth-order valence-electron chi connectivity index (χ4n) is 2.71. The zero-order valence-electron chi connectivity index (χ0n) is 12.3. The Hall–Kier alpha value is -1.55. The molecule has 0 saturated carbocycles. The average molecular weight is 262 g/mol. The molecule has 0 unspecified atom stereocenters. The number of nitrogens with zero attached hydrogens (tertiary/aromatic N) is 2. The summed E-state index contributed by atoms with van der Waals surface area (Å²) in [6, 6.07) is 7.45. The lowest BCUT2D eigenvalue weighted by Crippen LogP contribution is -2.67. The van der Waals surface area contributed by atoms with Gasteiger partial charge in [0.05, 0.1) is 0 Å². The van der Waals surface area contributed by atoms with E-state index < -0.39 is 5.72 Å². The molecule has 4 nitrogen and oxygen atoms in total. The first-order chi connectivity index (χ1) is 8.65. The largest absolute Gasteiger partial charge is 0.371 e. The van der Waals surface area contributed by atoms with Gasteiger partial charge in [0.25, 0.3) is 0 Å². The van der Waals surface area contributed by atoms with E-state index in [9.17, 15) is 9.90 Å². The third-order valence-corrected chi connectivity index (χ3v) is 3.93. The summed E-state index contributed by atoms with van der Waals surface area (Å²) in [6.45, 7) is 7.62. The lowest BCUT2D eigenvalue weighted by molar-refractivity contribution is -0.0182. The first-order valence-electron chi connectivity index (χ1n) is 6.52. The number of urea groups is 1. The lowest BCUT2D eigenvalue weighted by atomic mass is 9.88. The summed E-state index contributed by atoms with van der Waals surface area (Å²) in [4.78, 5) is 15.7. The summed E-state index contributed by atoms with van der Waals surface area (Å²) < 4.78 is 0. The predicted molar refractivity (Wildman–Crippen MR) is 76.1 cm³/mol. The standard InChI is InChI=1S/C15H22N2O2/c1-11-6-8-12(9-7-11)17-13(18)16(5)14(2,3)10-15(17,4)19/h6-9,19H,10H2,1-5H3/t15-/m1/s1. The number of rotatable bonds is 1. The maximum Gasteiger partial charge on any atom is 0.327 e. The van der Waals surface area contributed by atoms with Gasteiger partial charge in [-0.05, 0) is 39.8 Å². The van der Waals surface area contributed by atoms with E-state index in [4.69, 9.17) is 0 Å². The molecular weight excluding hydrogens is 240 g/mol. The summed E-state index contributed by atoms with van der Waals surface area (Å²) in [5.74, 6) is 0. The summed E-state index contributed by atoms with van der Waals surface area (Å²) >= 11 is 0. The van der Waals surface area contributed by atoms with Crippen molar-refractivity contribution in [3.8, 4) is 0 Å². The first kappa shape index (κ1) is 13.9. The Bertz CT molecular complexity index is 491. The summed E-state index contributed by atoms with van der Waals surface area (Å²) in [5, 5.41) is 10.7. The highest BCUT2D eigenvalue weighted by Crippen LogP contribution is 2.37. The van der Waals surface area contributed by atoms with Gasteiger partial charge in [-0.3, -0.25) is 4.90 Å². The molecule has 2 rings (SSSR count). The van der Waals surface area contributed by atoms with Crippen LogP contribution in [-0.4, -0.2) is 34.3 Å². The number of hydrogen-bond donors (Lipinski definition) is 1. The molecule has 0 spiro atoms. The number of anilines is 1. The number of carbonyl (C=O) groups excluding carboxylic acids is 1. The second kappa shape index (κ2) is 4.23. The molecule has 0 aromatic heterocycles. The van der Waals surface area contributed by atoms with Crippen molar-refractivity contribution >= 4 is 11.7 Å². The third-order valence-electron chi connectivity index (χ3n) is 3.93. The van der Waals surface area contributed by atoms with Crippen molar-refractivity contribution in [3.63, 3.8) is 0 Å². The molecule has 1 aromatic rings. The van der Waals surface area contributed by atoms with Crippen molar-refractivity contribution in [1.29, 1.82) is 0 Å². The monoisotopic (exact) mass is 262 g/mol. The molecule has 0 aliphatic carbocycles. The SMILES string of the molecule is Cc1ccc(N2C(=O)N(C)C(C)(C)C[C@@]2(C)O)cc1. The van der Waals surface area contributed by atoms with Gasteiger partial charge in [-0.2, -0.15) is 0 Å². The van der Waals surface area contributed by atoms with Crippen LogP contribution in [0.1, 0.15) is 32.8 Å². The summed E-state index contributed by atoms with van der Waals surface area (Å²) in [5.41, 5.74) is 0.314. The van der Waals surface area contributed by atoms with Crippen molar-refractivity contribution in [3.05, 3.63) is 29.8 Å². The Labute approximate surface area is 114 Å². The molecule has 0 radical (unpaired) electrons. The van der Waals surface area contributed by atoms with Crippen LogP contribution in [0.3, 0.4) is 0 Å². The van der Waals surface area contributed by atoms with Crippen molar-refractivity contribution in [1.82, 2.24) is 4.90 Å². The number of hydrogen-bond acceptors (Lipinski definition) is 2. The van der Waals surface area contributed by atoms with E-state index in [1.807, 2.05) is 45.0 Å². The van der Waals surface area contributed by atoms with Crippen LogP contribution >= 0.6 is 0 Å². The fraction of sp³-hybridized carbons (Fsp3) is 0.533. The van der Waals surface area contributed by atoms with Gasteiger partial charge in [0, 0.05) is 24.7 Å². The van der Waals surface area contributed by atoms with Crippen molar-refractivity contribution < 1.29 is 9.90 Å².